The van der Waals surface area contributed by atoms with E-state index in [1.54, 1.807) is 0 Å². The molecule has 1 atom stereocenters. The molecule has 64 valence electrons. The standard InChI is InChI=1S/C4H9N5.C2H6/c1-3(5-2)4-6-8-9-7-4;1-2/h3,5H,1-2H3,(H,6,7,8,9);1-2H3. The van der Waals surface area contributed by atoms with Gasteiger partial charge in [0.2, 0.25) is 0 Å². The van der Waals surface area contributed by atoms with Gasteiger partial charge in [-0.3, -0.25) is 0 Å². The Morgan fingerprint density at radius 1 is 1.45 bits per heavy atom. The van der Waals surface area contributed by atoms with Crippen LogP contribution in [0.1, 0.15) is 32.6 Å². The lowest BCUT2D eigenvalue weighted by Crippen LogP contribution is -2.13. The number of hydrogen-bond acceptors (Lipinski definition) is 4. The highest BCUT2D eigenvalue weighted by Gasteiger charge is 2.04. The van der Waals surface area contributed by atoms with Crippen LogP contribution in [0.15, 0.2) is 0 Å². The average molecular weight is 157 g/mol. The molecule has 0 saturated carbocycles. The zero-order valence-electron chi connectivity index (χ0n) is 7.42. The Bertz CT molecular complexity index is 159. The van der Waals surface area contributed by atoms with Crippen LogP contribution < -0.4 is 5.32 Å². The van der Waals surface area contributed by atoms with Gasteiger partial charge in [-0.15, -0.1) is 10.2 Å². The third kappa shape index (κ3) is 3.08. The Labute approximate surface area is 66.6 Å². The highest BCUT2D eigenvalue weighted by atomic mass is 15.5. The number of nitrogens with one attached hydrogen (secondary N) is 2. The Morgan fingerprint density at radius 2 is 2.09 bits per heavy atom. The van der Waals surface area contributed by atoms with Crippen LogP contribution in [0, 0.1) is 0 Å². The molecule has 1 unspecified atom stereocenters. The first-order valence-electron chi connectivity index (χ1n) is 3.75. The van der Waals surface area contributed by atoms with Crippen molar-refractivity contribution in [1.82, 2.24) is 25.9 Å². The molecule has 0 spiro atoms. The molecule has 0 aromatic carbocycles. The summed E-state index contributed by atoms with van der Waals surface area (Å²) in [6, 6.07) is 0.170. The molecule has 0 aliphatic rings. The predicted molar refractivity (Wildman–Crippen MR) is 43.0 cm³/mol. The van der Waals surface area contributed by atoms with Crippen molar-refractivity contribution in [2.45, 2.75) is 26.8 Å². The van der Waals surface area contributed by atoms with Gasteiger partial charge in [-0.25, -0.2) is 0 Å². The topological polar surface area (TPSA) is 66.5 Å². The molecule has 0 aliphatic carbocycles. The summed E-state index contributed by atoms with van der Waals surface area (Å²) >= 11 is 0. The number of aromatic nitrogens is 4. The number of nitrogens with zero attached hydrogens (tertiary/aromatic N) is 3. The fourth-order valence-corrected chi connectivity index (χ4v) is 0.482. The molecule has 1 heterocycles. The van der Waals surface area contributed by atoms with Crippen LogP contribution >= 0.6 is 0 Å². The first kappa shape index (κ1) is 10.0. The molecule has 5 nitrogen and oxygen atoms in total. The molecule has 0 radical (unpaired) electrons. The van der Waals surface area contributed by atoms with E-state index in [9.17, 15) is 0 Å². The highest BCUT2D eigenvalue weighted by molar-refractivity contribution is 4.84. The van der Waals surface area contributed by atoms with Gasteiger partial charge in [-0.1, -0.05) is 19.1 Å². The van der Waals surface area contributed by atoms with E-state index < -0.39 is 0 Å². The van der Waals surface area contributed by atoms with E-state index in [-0.39, 0.29) is 6.04 Å². The summed E-state index contributed by atoms with van der Waals surface area (Å²) in [5.41, 5.74) is 0. The third-order valence-electron chi connectivity index (χ3n) is 1.18. The molecule has 0 fully saturated rings. The zero-order chi connectivity index (χ0) is 8.69. The quantitative estimate of drug-likeness (QED) is 0.656. The predicted octanol–water partition coefficient (Wildman–Crippen LogP) is 0.506. The van der Waals surface area contributed by atoms with Gasteiger partial charge in [0.05, 0.1) is 6.04 Å². The van der Waals surface area contributed by atoms with Crippen molar-refractivity contribution in [2.24, 2.45) is 0 Å². The lowest BCUT2D eigenvalue weighted by atomic mass is 10.3. The number of rotatable bonds is 2. The normalized spacial score (nSPS) is 11.6. The van der Waals surface area contributed by atoms with Gasteiger partial charge in [0.25, 0.3) is 0 Å². The first-order chi connectivity index (χ1) is 5.34. The molecule has 0 saturated heterocycles. The van der Waals surface area contributed by atoms with Crippen LogP contribution in [0.5, 0.6) is 0 Å². The van der Waals surface area contributed by atoms with Gasteiger partial charge in [0.15, 0.2) is 5.82 Å². The minimum Gasteiger partial charge on any atom is -0.310 e. The summed E-state index contributed by atoms with van der Waals surface area (Å²) < 4.78 is 0. The summed E-state index contributed by atoms with van der Waals surface area (Å²) in [6.45, 7) is 5.96. The van der Waals surface area contributed by atoms with E-state index in [0.717, 1.165) is 0 Å². The van der Waals surface area contributed by atoms with Crippen LogP contribution in [0.4, 0.5) is 0 Å². The fourth-order valence-electron chi connectivity index (χ4n) is 0.482. The molecule has 0 aliphatic heterocycles. The second kappa shape index (κ2) is 5.79. The van der Waals surface area contributed by atoms with Crippen LogP contribution in [0.3, 0.4) is 0 Å². The van der Waals surface area contributed by atoms with E-state index in [1.807, 2.05) is 27.8 Å². The molecule has 1 rings (SSSR count). The van der Waals surface area contributed by atoms with Gasteiger partial charge in [0.1, 0.15) is 0 Å². The Morgan fingerprint density at radius 3 is 2.45 bits per heavy atom. The summed E-state index contributed by atoms with van der Waals surface area (Å²) in [6.07, 6.45) is 0. The highest BCUT2D eigenvalue weighted by Crippen LogP contribution is 1.99. The monoisotopic (exact) mass is 157 g/mol. The molecule has 5 heteroatoms. The molecule has 1 aromatic heterocycles. The molecular formula is C6H15N5. The van der Waals surface area contributed by atoms with E-state index in [2.05, 4.69) is 25.9 Å². The maximum Gasteiger partial charge on any atom is 0.191 e. The average Bonchev–Trinajstić information content (AvgIpc) is 2.59. The van der Waals surface area contributed by atoms with E-state index in [4.69, 9.17) is 0 Å². The molecule has 11 heavy (non-hydrogen) atoms. The Kier molecular flexibility index (Phi) is 5.28. The summed E-state index contributed by atoms with van der Waals surface area (Å²) in [5.74, 6) is 0.692. The van der Waals surface area contributed by atoms with Gasteiger partial charge >= 0.3 is 0 Å². The van der Waals surface area contributed by atoms with E-state index in [0.29, 0.717) is 5.82 Å². The molecule has 0 bridgehead atoms. The van der Waals surface area contributed by atoms with Crippen molar-refractivity contribution in [2.75, 3.05) is 7.05 Å². The number of hydrogen-bond donors (Lipinski definition) is 2. The van der Waals surface area contributed by atoms with E-state index in [1.165, 1.54) is 0 Å². The molecule has 1 aromatic rings. The number of tetrazole rings is 1. The SMILES string of the molecule is CC.CNC(C)c1nn[nH]n1. The first-order valence-corrected chi connectivity index (χ1v) is 3.75. The molecular weight excluding hydrogens is 142 g/mol. The van der Waals surface area contributed by atoms with Crippen LogP contribution in [0.2, 0.25) is 0 Å². The van der Waals surface area contributed by atoms with Crippen molar-refractivity contribution in [3.8, 4) is 0 Å². The Balaban J connectivity index is 0.000000461. The molecule has 0 amide bonds. The third-order valence-corrected chi connectivity index (χ3v) is 1.18. The molecule has 2 N–H and O–H groups in total. The van der Waals surface area contributed by atoms with Gasteiger partial charge < -0.3 is 5.32 Å². The summed E-state index contributed by atoms with van der Waals surface area (Å²) in [5, 5.41) is 16.3. The minimum atomic E-state index is 0.170. The summed E-state index contributed by atoms with van der Waals surface area (Å²) in [4.78, 5) is 0. The maximum atomic E-state index is 3.78. The lowest BCUT2D eigenvalue weighted by Gasteiger charge is -2.00. The summed E-state index contributed by atoms with van der Waals surface area (Å²) in [7, 11) is 1.85. The second-order valence-corrected chi connectivity index (χ2v) is 1.78. The van der Waals surface area contributed by atoms with Crippen molar-refractivity contribution < 1.29 is 0 Å². The van der Waals surface area contributed by atoms with E-state index >= 15 is 0 Å². The van der Waals surface area contributed by atoms with Crippen molar-refractivity contribution in [1.29, 1.82) is 0 Å². The lowest BCUT2D eigenvalue weighted by molar-refractivity contribution is 0.611. The zero-order valence-corrected chi connectivity index (χ0v) is 7.42. The largest absolute Gasteiger partial charge is 0.310 e. The van der Waals surface area contributed by atoms with Crippen LogP contribution in [0.25, 0.3) is 0 Å². The van der Waals surface area contributed by atoms with Gasteiger partial charge in [-0.05, 0) is 14.0 Å². The van der Waals surface area contributed by atoms with Gasteiger partial charge in [0, 0.05) is 0 Å². The number of H-pyrrole nitrogens is 1. The smallest absolute Gasteiger partial charge is 0.191 e. The Hall–Kier alpha value is -0.970. The minimum absolute atomic E-state index is 0.170. The van der Waals surface area contributed by atoms with Crippen LogP contribution in [-0.2, 0) is 0 Å². The second-order valence-electron chi connectivity index (χ2n) is 1.78. The van der Waals surface area contributed by atoms with Crippen LogP contribution in [-0.4, -0.2) is 27.7 Å². The fraction of sp³-hybridized carbons (Fsp3) is 0.833. The maximum absolute atomic E-state index is 3.78. The number of aromatic amines is 1. The van der Waals surface area contributed by atoms with Crippen molar-refractivity contribution in [3.05, 3.63) is 5.82 Å². The van der Waals surface area contributed by atoms with Crippen molar-refractivity contribution >= 4 is 0 Å². The van der Waals surface area contributed by atoms with Crippen molar-refractivity contribution in [3.63, 3.8) is 0 Å². The van der Waals surface area contributed by atoms with Gasteiger partial charge in [-0.2, -0.15) is 5.21 Å².